The third-order valence-electron chi connectivity index (χ3n) is 3.98. The van der Waals surface area contributed by atoms with Gasteiger partial charge in [-0.15, -0.1) is 0 Å². The molecule has 0 fully saturated rings. The molecule has 1 N–H and O–H groups in total. The summed E-state index contributed by atoms with van der Waals surface area (Å²) in [5.41, 5.74) is 2.96. The Bertz CT molecular complexity index is 358. The predicted octanol–water partition coefficient (Wildman–Crippen LogP) is 2.83. The zero-order valence-electron chi connectivity index (χ0n) is 11.2. The van der Waals surface area contributed by atoms with Crippen LogP contribution in [-0.4, -0.2) is 25.7 Å². The lowest BCUT2D eigenvalue weighted by molar-refractivity contribution is 0.480. The summed E-state index contributed by atoms with van der Waals surface area (Å²) in [6.07, 6.45) is 3.68. The van der Waals surface area contributed by atoms with Crippen LogP contribution in [0.5, 0.6) is 0 Å². The molecule has 2 nitrogen and oxygen atoms in total. The fourth-order valence-corrected chi connectivity index (χ4v) is 2.70. The lowest BCUT2D eigenvalue weighted by Gasteiger charge is -2.39. The summed E-state index contributed by atoms with van der Waals surface area (Å²) in [4.78, 5) is 2.57. The number of hydrogen-bond acceptors (Lipinski definition) is 2. The van der Waals surface area contributed by atoms with Crippen molar-refractivity contribution in [1.82, 2.24) is 5.32 Å². The van der Waals surface area contributed by atoms with E-state index in [4.69, 9.17) is 0 Å². The van der Waals surface area contributed by atoms with Crippen LogP contribution in [-0.2, 0) is 6.42 Å². The molecule has 1 aliphatic heterocycles. The van der Waals surface area contributed by atoms with Crippen molar-refractivity contribution in [3.8, 4) is 0 Å². The van der Waals surface area contributed by atoms with Crippen molar-refractivity contribution >= 4 is 5.69 Å². The van der Waals surface area contributed by atoms with Gasteiger partial charge < -0.3 is 10.2 Å². The van der Waals surface area contributed by atoms with Gasteiger partial charge in [-0.25, -0.2) is 0 Å². The highest BCUT2D eigenvalue weighted by atomic mass is 15.2. The van der Waals surface area contributed by atoms with Gasteiger partial charge in [-0.3, -0.25) is 0 Å². The van der Waals surface area contributed by atoms with Gasteiger partial charge in [-0.2, -0.15) is 0 Å². The van der Waals surface area contributed by atoms with Crippen molar-refractivity contribution in [2.75, 3.05) is 18.5 Å². The second kappa shape index (κ2) is 5.54. The second-order valence-corrected chi connectivity index (χ2v) is 5.06. The molecule has 2 heteroatoms. The van der Waals surface area contributed by atoms with E-state index in [1.165, 1.54) is 30.5 Å². The third kappa shape index (κ3) is 2.63. The molecule has 0 aliphatic carbocycles. The molecule has 0 radical (unpaired) electrons. The molecule has 0 bridgehead atoms. The Morgan fingerprint density at radius 3 is 2.88 bits per heavy atom. The fraction of sp³-hybridized carbons (Fsp3) is 0.600. The molecule has 0 saturated carbocycles. The summed E-state index contributed by atoms with van der Waals surface area (Å²) in [5, 5.41) is 3.41. The molecule has 2 atom stereocenters. The smallest absolute Gasteiger partial charge is 0.0401 e. The van der Waals surface area contributed by atoms with E-state index in [-0.39, 0.29) is 0 Å². The number of nitrogens with zero attached hydrogens (tertiary/aromatic N) is 1. The number of anilines is 1. The first-order valence-corrected chi connectivity index (χ1v) is 6.78. The Balaban J connectivity index is 2.20. The van der Waals surface area contributed by atoms with Gasteiger partial charge in [0.1, 0.15) is 0 Å². The lowest BCUT2D eigenvalue weighted by atomic mass is 9.96. The highest BCUT2D eigenvalue weighted by molar-refractivity contribution is 5.56. The van der Waals surface area contributed by atoms with Crippen molar-refractivity contribution in [2.45, 2.75) is 45.2 Å². The Morgan fingerprint density at radius 2 is 2.18 bits per heavy atom. The first-order chi connectivity index (χ1) is 8.26. The Morgan fingerprint density at radius 1 is 1.41 bits per heavy atom. The van der Waals surface area contributed by atoms with Crippen LogP contribution >= 0.6 is 0 Å². The monoisotopic (exact) mass is 232 g/mol. The number of para-hydroxylation sites is 1. The molecular formula is C15H24N2. The van der Waals surface area contributed by atoms with E-state index >= 15 is 0 Å². The lowest BCUT2D eigenvalue weighted by Crippen LogP contribution is -2.45. The van der Waals surface area contributed by atoms with Gasteiger partial charge in [-0.1, -0.05) is 25.1 Å². The minimum Gasteiger partial charge on any atom is -0.367 e. The molecule has 0 aromatic heterocycles. The minimum atomic E-state index is 0.587. The number of rotatable bonds is 4. The van der Waals surface area contributed by atoms with Gasteiger partial charge in [0.25, 0.3) is 0 Å². The van der Waals surface area contributed by atoms with Gasteiger partial charge in [0, 0.05) is 24.3 Å². The summed E-state index contributed by atoms with van der Waals surface area (Å²) in [7, 11) is 2.06. The average molecular weight is 232 g/mol. The van der Waals surface area contributed by atoms with E-state index in [1.54, 1.807) is 0 Å². The van der Waals surface area contributed by atoms with E-state index in [2.05, 4.69) is 55.4 Å². The summed E-state index contributed by atoms with van der Waals surface area (Å²) >= 11 is 0. The molecule has 1 aliphatic rings. The molecule has 0 spiro atoms. The van der Waals surface area contributed by atoms with Gasteiger partial charge in [0.2, 0.25) is 0 Å². The van der Waals surface area contributed by atoms with Crippen LogP contribution in [0.2, 0.25) is 0 Å². The zero-order chi connectivity index (χ0) is 12.3. The number of likely N-dealkylation sites (N-methyl/N-ethyl adjacent to an activating group) is 1. The van der Waals surface area contributed by atoms with Gasteiger partial charge >= 0.3 is 0 Å². The Kier molecular flexibility index (Phi) is 4.06. The molecule has 2 unspecified atom stereocenters. The van der Waals surface area contributed by atoms with E-state index in [9.17, 15) is 0 Å². The maximum absolute atomic E-state index is 3.41. The van der Waals surface area contributed by atoms with E-state index < -0.39 is 0 Å². The summed E-state index contributed by atoms with van der Waals surface area (Å²) in [6, 6.07) is 10.1. The normalized spacial score (nSPS) is 21.1. The molecule has 0 saturated heterocycles. The number of aryl methyl sites for hydroxylation is 1. The first-order valence-electron chi connectivity index (χ1n) is 6.78. The summed E-state index contributed by atoms with van der Waals surface area (Å²) in [5.74, 6) is 0. The molecule has 0 amide bonds. The van der Waals surface area contributed by atoms with E-state index in [0.29, 0.717) is 12.1 Å². The largest absolute Gasteiger partial charge is 0.367 e. The topological polar surface area (TPSA) is 15.3 Å². The van der Waals surface area contributed by atoms with Gasteiger partial charge in [0.15, 0.2) is 0 Å². The van der Waals surface area contributed by atoms with Crippen molar-refractivity contribution < 1.29 is 0 Å². The minimum absolute atomic E-state index is 0.587. The van der Waals surface area contributed by atoms with E-state index in [0.717, 1.165) is 6.54 Å². The van der Waals surface area contributed by atoms with Crippen LogP contribution in [0.25, 0.3) is 0 Å². The molecular weight excluding hydrogens is 208 g/mol. The number of hydrogen-bond donors (Lipinski definition) is 1. The van der Waals surface area contributed by atoms with Crippen LogP contribution in [0.1, 0.15) is 32.3 Å². The predicted molar refractivity (Wildman–Crippen MR) is 74.7 cm³/mol. The molecule has 17 heavy (non-hydrogen) atoms. The van der Waals surface area contributed by atoms with E-state index in [1.807, 2.05) is 0 Å². The zero-order valence-corrected chi connectivity index (χ0v) is 11.2. The molecule has 94 valence electrons. The standard InChI is InChI=1S/C15H24N2/c1-4-14(16-3)11-17-12(2)9-10-13-7-5-6-8-15(13)17/h5-8,12,14,16H,4,9-11H2,1-3H3. The average Bonchev–Trinajstić information content (AvgIpc) is 2.38. The number of nitrogens with one attached hydrogen (secondary N) is 1. The fourth-order valence-electron chi connectivity index (χ4n) is 2.70. The first kappa shape index (κ1) is 12.4. The van der Waals surface area contributed by atoms with Gasteiger partial charge in [-0.05, 0) is 44.9 Å². The highest BCUT2D eigenvalue weighted by Crippen LogP contribution is 2.30. The van der Waals surface area contributed by atoms with Crippen molar-refractivity contribution in [2.24, 2.45) is 0 Å². The Hall–Kier alpha value is -1.02. The third-order valence-corrected chi connectivity index (χ3v) is 3.98. The molecule has 1 aromatic rings. The molecule has 1 aromatic carbocycles. The van der Waals surface area contributed by atoms with Crippen LogP contribution in [0.15, 0.2) is 24.3 Å². The second-order valence-electron chi connectivity index (χ2n) is 5.06. The van der Waals surface area contributed by atoms with Crippen molar-refractivity contribution in [3.63, 3.8) is 0 Å². The van der Waals surface area contributed by atoms with Crippen molar-refractivity contribution in [3.05, 3.63) is 29.8 Å². The molecule has 1 heterocycles. The van der Waals surface area contributed by atoms with Crippen LogP contribution in [0, 0.1) is 0 Å². The van der Waals surface area contributed by atoms with Crippen LogP contribution in [0.3, 0.4) is 0 Å². The van der Waals surface area contributed by atoms with Gasteiger partial charge in [0.05, 0.1) is 0 Å². The maximum atomic E-state index is 3.41. The molecule has 2 rings (SSSR count). The maximum Gasteiger partial charge on any atom is 0.0401 e. The quantitative estimate of drug-likeness (QED) is 0.858. The van der Waals surface area contributed by atoms with Crippen LogP contribution in [0.4, 0.5) is 5.69 Å². The van der Waals surface area contributed by atoms with Crippen molar-refractivity contribution in [1.29, 1.82) is 0 Å². The highest BCUT2D eigenvalue weighted by Gasteiger charge is 2.23. The number of benzene rings is 1. The Labute approximate surface area is 105 Å². The summed E-state index contributed by atoms with van der Waals surface area (Å²) < 4.78 is 0. The number of fused-ring (bicyclic) bond motifs is 1. The van der Waals surface area contributed by atoms with Crippen LogP contribution < -0.4 is 10.2 Å². The summed E-state index contributed by atoms with van der Waals surface area (Å²) in [6.45, 7) is 5.71. The SMILES string of the molecule is CCC(CN1c2ccccc2CCC1C)NC.